The van der Waals surface area contributed by atoms with E-state index in [9.17, 15) is 9.18 Å². The third-order valence-electron chi connectivity index (χ3n) is 4.52. The summed E-state index contributed by atoms with van der Waals surface area (Å²) in [7, 11) is 0. The Labute approximate surface area is 146 Å². The zero-order chi connectivity index (χ0) is 16.8. The van der Waals surface area contributed by atoms with Crippen molar-refractivity contribution in [3.05, 3.63) is 58.0 Å². The fraction of sp³-hybridized carbons (Fsp3) is 0.421. The Balaban J connectivity index is 1.67. The molecule has 1 atom stereocenters. The molecule has 2 heterocycles. The molecule has 0 spiro atoms. The van der Waals surface area contributed by atoms with Crippen LogP contribution in [0.4, 0.5) is 4.39 Å². The molecule has 24 heavy (non-hydrogen) atoms. The van der Waals surface area contributed by atoms with Gasteiger partial charge in [-0.25, -0.2) is 4.39 Å². The standard InChI is InChI=1S/C19H23FN2OS/c20-16-9-7-15(8-10-16)19(23)21-14-17(18-6-5-13-24-18)22-11-3-1-2-4-12-22/h5-10,13,17H,1-4,11-12,14H2,(H,21,23)/t17-/m0/s1. The predicted octanol–water partition coefficient (Wildman–Crippen LogP) is 4.23. The number of carbonyl (C=O) groups excluding carboxylic acids is 1. The van der Waals surface area contributed by atoms with Crippen LogP contribution in [-0.2, 0) is 0 Å². The number of halogens is 1. The van der Waals surface area contributed by atoms with Crippen LogP contribution in [0.15, 0.2) is 41.8 Å². The molecule has 3 rings (SSSR count). The maximum Gasteiger partial charge on any atom is 0.251 e. The number of thiophene rings is 1. The zero-order valence-electron chi connectivity index (χ0n) is 13.7. The molecule has 0 saturated carbocycles. The summed E-state index contributed by atoms with van der Waals surface area (Å²) in [5, 5.41) is 5.11. The normalized spacial score (nSPS) is 17.2. The lowest BCUT2D eigenvalue weighted by atomic mass is 10.1. The molecule has 3 nitrogen and oxygen atoms in total. The Morgan fingerprint density at radius 1 is 1.12 bits per heavy atom. The lowest BCUT2D eigenvalue weighted by Gasteiger charge is -2.30. The van der Waals surface area contributed by atoms with Gasteiger partial charge in [0.15, 0.2) is 0 Å². The summed E-state index contributed by atoms with van der Waals surface area (Å²) >= 11 is 1.74. The van der Waals surface area contributed by atoms with Gasteiger partial charge in [0, 0.05) is 17.0 Å². The van der Waals surface area contributed by atoms with Crippen molar-refractivity contribution in [3.63, 3.8) is 0 Å². The fourth-order valence-electron chi connectivity index (χ4n) is 3.19. The summed E-state index contributed by atoms with van der Waals surface area (Å²) < 4.78 is 13.0. The number of likely N-dealkylation sites (tertiary alicyclic amines) is 1. The molecule has 1 aromatic heterocycles. The van der Waals surface area contributed by atoms with Crippen molar-refractivity contribution in [1.29, 1.82) is 0 Å². The summed E-state index contributed by atoms with van der Waals surface area (Å²) in [6.45, 7) is 2.74. The van der Waals surface area contributed by atoms with Gasteiger partial charge in [0.2, 0.25) is 0 Å². The van der Waals surface area contributed by atoms with Gasteiger partial charge in [-0.3, -0.25) is 9.69 Å². The van der Waals surface area contributed by atoms with E-state index in [0.717, 1.165) is 13.1 Å². The highest BCUT2D eigenvalue weighted by molar-refractivity contribution is 7.10. The molecule has 5 heteroatoms. The van der Waals surface area contributed by atoms with Gasteiger partial charge in [0.1, 0.15) is 5.82 Å². The minimum absolute atomic E-state index is 0.147. The molecule has 2 aromatic rings. The van der Waals surface area contributed by atoms with Crippen molar-refractivity contribution in [3.8, 4) is 0 Å². The van der Waals surface area contributed by atoms with Crippen molar-refractivity contribution >= 4 is 17.2 Å². The molecule has 1 fully saturated rings. The van der Waals surface area contributed by atoms with Crippen LogP contribution in [0.5, 0.6) is 0 Å². The van der Waals surface area contributed by atoms with E-state index in [-0.39, 0.29) is 17.8 Å². The molecule has 0 unspecified atom stereocenters. The van der Waals surface area contributed by atoms with E-state index in [2.05, 4.69) is 27.7 Å². The second kappa shape index (κ2) is 8.40. The summed E-state index contributed by atoms with van der Waals surface area (Å²) in [5.41, 5.74) is 0.497. The number of hydrogen-bond donors (Lipinski definition) is 1. The van der Waals surface area contributed by atoms with Gasteiger partial charge in [-0.05, 0) is 61.6 Å². The number of rotatable bonds is 5. The Bertz CT molecular complexity index is 634. The molecule has 1 N–H and O–H groups in total. The lowest BCUT2D eigenvalue weighted by Crippen LogP contribution is -2.38. The first-order valence-corrected chi connectivity index (χ1v) is 9.43. The third kappa shape index (κ3) is 4.42. The van der Waals surface area contributed by atoms with Gasteiger partial charge in [-0.15, -0.1) is 11.3 Å². The van der Waals surface area contributed by atoms with Crippen molar-refractivity contribution < 1.29 is 9.18 Å². The summed E-state index contributed by atoms with van der Waals surface area (Å²) in [4.78, 5) is 16.1. The van der Waals surface area contributed by atoms with Crippen molar-refractivity contribution in [1.82, 2.24) is 10.2 Å². The number of benzene rings is 1. The van der Waals surface area contributed by atoms with Crippen LogP contribution in [0.2, 0.25) is 0 Å². The van der Waals surface area contributed by atoms with E-state index < -0.39 is 0 Å². The average Bonchev–Trinajstić information content (AvgIpc) is 2.98. The third-order valence-corrected chi connectivity index (χ3v) is 5.49. The van der Waals surface area contributed by atoms with Crippen molar-refractivity contribution in [2.45, 2.75) is 31.7 Å². The largest absolute Gasteiger partial charge is 0.350 e. The Kier molecular flexibility index (Phi) is 5.99. The second-order valence-corrected chi connectivity index (χ2v) is 7.18. The minimum Gasteiger partial charge on any atom is -0.350 e. The number of amides is 1. The Morgan fingerprint density at radius 3 is 2.46 bits per heavy atom. The van der Waals surface area contributed by atoms with Crippen LogP contribution in [0.3, 0.4) is 0 Å². The quantitative estimate of drug-likeness (QED) is 0.878. The lowest BCUT2D eigenvalue weighted by molar-refractivity contribution is 0.0934. The molecular formula is C19H23FN2OS. The summed E-state index contributed by atoms with van der Waals surface area (Å²) in [5.74, 6) is -0.473. The van der Waals surface area contributed by atoms with Gasteiger partial charge in [-0.1, -0.05) is 18.9 Å². The molecule has 1 aliphatic rings. The zero-order valence-corrected chi connectivity index (χ0v) is 14.5. The Hall–Kier alpha value is -1.72. The van der Waals surface area contributed by atoms with Gasteiger partial charge in [0.25, 0.3) is 5.91 Å². The molecule has 1 amide bonds. The minimum atomic E-state index is -0.326. The highest BCUT2D eigenvalue weighted by Gasteiger charge is 2.23. The van der Waals surface area contributed by atoms with Gasteiger partial charge in [0.05, 0.1) is 6.04 Å². The average molecular weight is 346 g/mol. The first-order valence-electron chi connectivity index (χ1n) is 8.55. The van der Waals surface area contributed by atoms with Crippen molar-refractivity contribution in [2.75, 3.05) is 19.6 Å². The van der Waals surface area contributed by atoms with E-state index in [1.165, 1.54) is 54.8 Å². The predicted molar refractivity (Wildman–Crippen MR) is 95.8 cm³/mol. The molecule has 0 aliphatic carbocycles. The fourth-order valence-corrected chi connectivity index (χ4v) is 4.05. The highest BCUT2D eigenvalue weighted by atomic mass is 32.1. The number of hydrogen-bond acceptors (Lipinski definition) is 3. The molecule has 1 aliphatic heterocycles. The first-order chi connectivity index (χ1) is 11.7. The summed E-state index contributed by atoms with van der Waals surface area (Å²) in [6, 6.07) is 10.1. The highest BCUT2D eigenvalue weighted by Crippen LogP contribution is 2.27. The van der Waals surface area contributed by atoms with Gasteiger partial charge < -0.3 is 5.32 Å². The number of nitrogens with zero attached hydrogens (tertiary/aromatic N) is 1. The van der Waals surface area contributed by atoms with Gasteiger partial charge >= 0.3 is 0 Å². The maximum absolute atomic E-state index is 13.0. The Morgan fingerprint density at radius 2 is 1.83 bits per heavy atom. The molecule has 1 saturated heterocycles. The van der Waals surface area contributed by atoms with Crippen LogP contribution >= 0.6 is 11.3 Å². The van der Waals surface area contributed by atoms with E-state index >= 15 is 0 Å². The van der Waals surface area contributed by atoms with E-state index in [0.29, 0.717) is 12.1 Å². The molecule has 128 valence electrons. The smallest absolute Gasteiger partial charge is 0.251 e. The molecule has 0 radical (unpaired) electrons. The molecule has 0 bridgehead atoms. The van der Waals surface area contributed by atoms with E-state index in [4.69, 9.17) is 0 Å². The molecular weight excluding hydrogens is 323 g/mol. The topological polar surface area (TPSA) is 32.3 Å². The first kappa shape index (κ1) is 17.1. The molecule has 1 aromatic carbocycles. The monoisotopic (exact) mass is 346 g/mol. The van der Waals surface area contributed by atoms with Crippen LogP contribution < -0.4 is 5.32 Å². The van der Waals surface area contributed by atoms with Crippen LogP contribution in [0, 0.1) is 5.82 Å². The second-order valence-electron chi connectivity index (χ2n) is 6.20. The van der Waals surface area contributed by atoms with Crippen molar-refractivity contribution in [2.24, 2.45) is 0 Å². The van der Waals surface area contributed by atoms with E-state index in [1.807, 2.05) is 0 Å². The number of nitrogens with one attached hydrogen (secondary N) is 1. The maximum atomic E-state index is 13.0. The van der Waals surface area contributed by atoms with Crippen LogP contribution in [0.1, 0.15) is 47.0 Å². The SMILES string of the molecule is O=C(NC[C@@H](c1cccs1)N1CCCCCC1)c1ccc(F)cc1. The van der Waals surface area contributed by atoms with Crippen LogP contribution in [-0.4, -0.2) is 30.4 Å². The van der Waals surface area contributed by atoms with Gasteiger partial charge in [-0.2, -0.15) is 0 Å². The number of carbonyl (C=O) groups is 1. The van der Waals surface area contributed by atoms with E-state index in [1.54, 1.807) is 11.3 Å². The summed E-state index contributed by atoms with van der Waals surface area (Å²) in [6.07, 6.45) is 5.01. The van der Waals surface area contributed by atoms with Crippen LogP contribution in [0.25, 0.3) is 0 Å².